The van der Waals surface area contributed by atoms with E-state index >= 15 is 0 Å². The summed E-state index contributed by atoms with van der Waals surface area (Å²) in [5.41, 5.74) is 2.59. The van der Waals surface area contributed by atoms with E-state index in [0.29, 0.717) is 18.7 Å². The zero-order valence-corrected chi connectivity index (χ0v) is 16.6. The van der Waals surface area contributed by atoms with Crippen molar-refractivity contribution in [1.29, 1.82) is 0 Å². The second-order valence-corrected chi connectivity index (χ2v) is 8.92. The number of benzene rings is 2. The van der Waals surface area contributed by atoms with Crippen LogP contribution in [0.15, 0.2) is 53.4 Å². The van der Waals surface area contributed by atoms with Crippen molar-refractivity contribution in [2.75, 3.05) is 25.2 Å². The van der Waals surface area contributed by atoms with Gasteiger partial charge in [-0.15, -0.1) is 0 Å². The minimum Gasteiger partial charge on any atom is -0.465 e. The molecule has 1 heterocycles. The van der Waals surface area contributed by atoms with Gasteiger partial charge in [0.1, 0.15) is 6.54 Å². The lowest BCUT2D eigenvalue weighted by atomic mass is 9.94. The third-order valence-corrected chi connectivity index (χ3v) is 5.98. The lowest BCUT2D eigenvalue weighted by molar-refractivity contribution is -0.924. The highest BCUT2D eigenvalue weighted by Gasteiger charge is 2.37. The SMILES string of the molecule is COC(=O)[C@@H]1Cc2ccccc2C[NH+]1CC(=O)Nc1cccc(S(C)(=O)=O)c1. The molecule has 0 bridgehead atoms. The molecule has 2 atom stereocenters. The zero-order chi connectivity index (χ0) is 20.3. The first-order valence-electron chi connectivity index (χ1n) is 8.87. The topological polar surface area (TPSA) is 94.0 Å². The van der Waals surface area contributed by atoms with Crippen LogP contribution >= 0.6 is 0 Å². The van der Waals surface area contributed by atoms with E-state index in [2.05, 4.69) is 5.32 Å². The largest absolute Gasteiger partial charge is 0.465 e. The summed E-state index contributed by atoms with van der Waals surface area (Å²) in [4.78, 5) is 25.7. The Balaban J connectivity index is 1.76. The number of quaternary nitrogens is 1. The lowest BCUT2D eigenvalue weighted by Gasteiger charge is -2.31. The van der Waals surface area contributed by atoms with E-state index < -0.39 is 15.9 Å². The predicted octanol–water partition coefficient (Wildman–Crippen LogP) is 0.211. The van der Waals surface area contributed by atoms with E-state index in [-0.39, 0.29) is 23.3 Å². The van der Waals surface area contributed by atoms with E-state index in [1.54, 1.807) is 12.1 Å². The third-order valence-electron chi connectivity index (χ3n) is 4.87. The third kappa shape index (κ3) is 4.58. The number of fused-ring (bicyclic) bond motifs is 1. The van der Waals surface area contributed by atoms with Crippen molar-refractivity contribution in [2.24, 2.45) is 0 Å². The molecule has 0 radical (unpaired) electrons. The van der Waals surface area contributed by atoms with Crippen LogP contribution in [-0.4, -0.2) is 46.2 Å². The molecule has 2 N–H and O–H groups in total. The van der Waals surface area contributed by atoms with Gasteiger partial charge in [0.25, 0.3) is 5.91 Å². The Bertz CT molecular complexity index is 1000. The number of nitrogens with one attached hydrogen (secondary N) is 2. The summed E-state index contributed by atoms with van der Waals surface area (Å²) in [6.45, 7) is 0.601. The van der Waals surface area contributed by atoms with E-state index in [9.17, 15) is 18.0 Å². The fourth-order valence-corrected chi connectivity index (χ4v) is 4.12. The molecule has 0 aromatic heterocycles. The molecule has 0 fully saturated rings. The molecule has 0 aliphatic carbocycles. The van der Waals surface area contributed by atoms with E-state index in [4.69, 9.17) is 4.74 Å². The molecule has 0 saturated heterocycles. The lowest BCUT2D eigenvalue weighted by Crippen LogP contribution is -3.17. The Hall–Kier alpha value is -2.71. The molecule has 3 rings (SSSR count). The van der Waals surface area contributed by atoms with Crippen molar-refractivity contribution in [3.8, 4) is 0 Å². The van der Waals surface area contributed by atoms with Gasteiger partial charge in [-0.25, -0.2) is 13.2 Å². The van der Waals surface area contributed by atoms with Crippen LogP contribution in [-0.2, 0) is 37.1 Å². The number of sulfone groups is 1. The smallest absolute Gasteiger partial charge is 0.365 e. The summed E-state index contributed by atoms with van der Waals surface area (Å²) in [5.74, 6) is -0.648. The van der Waals surface area contributed by atoms with Gasteiger partial charge in [0.15, 0.2) is 22.4 Å². The van der Waals surface area contributed by atoms with Crippen LogP contribution in [0.5, 0.6) is 0 Å². The molecular weight excluding hydrogens is 380 g/mol. The Morgan fingerprint density at radius 2 is 1.86 bits per heavy atom. The van der Waals surface area contributed by atoms with Crippen LogP contribution in [0.4, 0.5) is 5.69 Å². The van der Waals surface area contributed by atoms with Crippen molar-refractivity contribution >= 4 is 27.4 Å². The van der Waals surface area contributed by atoms with Gasteiger partial charge in [0.05, 0.1) is 12.0 Å². The number of carbonyl (C=O) groups is 2. The van der Waals surface area contributed by atoms with Crippen molar-refractivity contribution in [1.82, 2.24) is 0 Å². The summed E-state index contributed by atoms with van der Waals surface area (Å²) in [6.07, 6.45) is 1.62. The van der Waals surface area contributed by atoms with Gasteiger partial charge in [-0.2, -0.15) is 0 Å². The second kappa shape index (κ2) is 8.12. The number of esters is 1. The zero-order valence-electron chi connectivity index (χ0n) is 15.8. The number of hydrogen-bond acceptors (Lipinski definition) is 5. The average Bonchev–Trinajstić information content (AvgIpc) is 2.66. The molecule has 28 heavy (non-hydrogen) atoms. The Morgan fingerprint density at radius 1 is 1.14 bits per heavy atom. The van der Waals surface area contributed by atoms with Gasteiger partial charge < -0.3 is 15.0 Å². The van der Waals surface area contributed by atoms with Gasteiger partial charge in [0, 0.05) is 23.9 Å². The van der Waals surface area contributed by atoms with Crippen LogP contribution in [0.25, 0.3) is 0 Å². The van der Waals surface area contributed by atoms with E-state index in [0.717, 1.165) is 22.3 Å². The molecule has 7 nitrogen and oxygen atoms in total. The second-order valence-electron chi connectivity index (χ2n) is 6.91. The average molecular weight is 403 g/mol. The highest BCUT2D eigenvalue weighted by molar-refractivity contribution is 7.90. The molecule has 2 aromatic carbocycles. The monoisotopic (exact) mass is 403 g/mol. The maximum atomic E-state index is 12.6. The van der Waals surface area contributed by atoms with Crippen molar-refractivity contribution in [3.63, 3.8) is 0 Å². The summed E-state index contributed by atoms with van der Waals surface area (Å²) in [5, 5.41) is 2.73. The maximum absolute atomic E-state index is 12.6. The van der Waals surface area contributed by atoms with Crippen LogP contribution < -0.4 is 10.2 Å². The van der Waals surface area contributed by atoms with Crippen LogP contribution in [0.2, 0.25) is 0 Å². The molecule has 0 saturated carbocycles. The number of rotatable bonds is 5. The fourth-order valence-electron chi connectivity index (χ4n) is 3.46. The number of amides is 1. The quantitative estimate of drug-likeness (QED) is 0.697. The van der Waals surface area contributed by atoms with E-state index in [1.807, 2.05) is 24.3 Å². The fraction of sp³-hybridized carbons (Fsp3) is 0.300. The number of ether oxygens (including phenoxy) is 1. The maximum Gasteiger partial charge on any atom is 0.365 e. The number of carbonyl (C=O) groups excluding carboxylic acids is 2. The highest BCUT2D eigenvalue weighted by Crippen LogP contribution is 2.16. The highest BCUT2D eigenvalue weighted by atomic mass is 32.2. The van der Waals surface area contributed by atoms with Gasteiger partial charge in [-0.1, -0.05) is 30.3 Å². The first-order chi connectivity index (χ1) is 13.3. The van der Waals surface area contributed by atoms with Gasteiger partial charge in [-0.3, -0.25) is 4.79 Å². The van der Waals surface area contributed by atoms with Gasteiger partial charge in [-0.05, 0) is 23.8 Å². The molecule has 1 aliphatic heterocycles. The van der Waals surface area contributed by atoms with E-state index in [1.165, 1.54) is 19.2 Å². The summed E-state index contributed by atoms with van der Waals surface area (Å²) in [6, 6.07) is 13.5. The minimum absolute atomic E-state index is 0.0667. The van der Waals surface area contributed by atoms with Gasteiger partial charge >= 0.3 is 5.97 Å². The molecule has 1 aliphatic rings. The van der Waals surface area contributed by atoms with Crippen LogP contribution in [0.1, 0.15) is 11.1 Å². The standard InChI is InChI=1S/C20H22N2O5S/c1-27-20(24)18-10-14-6-3-4-7-15(14)12-22(18)13-19(23)21-16-8-5-9-17(11-16)28(2,25)26/h3-9,11,18H,10,12-13H2,1-2H3,(H,21,23)/p+1/t18-/m0/s1. The van der Waals surface area contributed by atoms with Crippen molar-refractivity contribution < 1.29 is 27.6 Å². The molecular formula is C20H23N2O5S+. The summed E-state index contributed by atoms with van der Waals surface area (Å²) < 4.78 is 28.3. The Morgan fingerprint density at radius 3 is 2.54 bits per heavy atom. The molecule has 0 spiro atoms. The molecule has 2 aromatic rings. The normalized spacial score (nSPS) is 18.8. The Kier molecular flexibility index (Phi) is 5.81. The summed E-state index contributed by atoms with van der Waals surface area (Å²) in [7, 11) is -2.02. The summed E-state index contributed by atoms with van der Waals surface area (Å²) >= 11 is 0. The van der Waals surface area contributed by atoms with Crippen LogP contribution in [0.3, 0.4) is 0 Å². The molecule has 8 heteroatoms. The number of methoxy groups -OCH3 is 1. The first-order valence-corrected chi connectivity index (χ1v) is 10.8. The van der Waals surface area contributed by atoms with Crippen LogP contribution in [0, 0.1) is 0 Å². The Labute approximate surface area is 164 Å². The number of anilines is 1. The minimum atomic E-state index is -3.36. The van der Waals surface area contributed by atoms with Crippen molar-refractivity contribution in [2.45, 2.75) is 23.9 Å². The molecule has 1 unspecified atom stereocenters. The molecule has 1 amide bonds. The van der Waals surface area contributed by atoms with Crippen molar-refractivity contribution in [3.05, 3.63) is 59.7 Å². The molecule has 148 valence electrons. The predicted molar refractivity (Wildman–Crippen MR) is 104 cm³/mol. The van der Waals surface area contributed by atoms with Gasteiger partial charge in [0.2, 0.25) is 0 Å². The number of hydrogen-bond donors (Lipinski definition) is 2. The first kappa shape index (κ1) is 20.0.